The number of aliphatic hydroxyl groups excluding tert-OH is 1. The number of fused-ring (bicyclic) bond motifs is 6. The maximum atomic E-state index is 12.3. The lowest BCUT2D eigenvalue weighted by atomic mass is 9.42. The zero-order valence-electron chi connectivity index (χ0n) is 15.9. The van der Waals surface area contributed by atoms with E-state index in [1.165, 1.54) is 19.3 Å². The normalized spacial score (nSPS) is 55.4. The summed E-state index contributed by atoms with van der Waals surface area (Å²) in [4.78, 5) is 12.3. The van der Waals surface area contributed by atoms with E-state index < -0.39 is 0 Å². The molecule has 1 heterocycles. The van der Waals surface area contributed by atoms with Crippen molar-refractivity contribution in [2.75, 3.05) is 0 Å². The lowest BCUT2D eigenvalue weighted by Gasteiger charge is -2.62. The molecule has 4 heteroatoms. The number of nitrogens with zero attached hydrogens (tertiary/aromatic N) is 2. The molecule has 138 valence electrons. The molecule has 25 heavy (non-hydrogen) atoms. The first kappa shape index (κ1) is 16.4. The third kappa shape index (κ3) is 2.01. The van der Waals surface area contributed by atoms with Crippen molar-refractivity contribution in [2.45, 2.75) is 83.9 Å². The summed E-state index contributed by atoms with van der Waals surface area (Å²) in [5.41, 5.74) is 0.152. The van der Waals surface area contributed by atoms with Gasteiger partial charge in [-0.15, -0.1) is 0 Å². The predicted molar refractivity (Wildman–Crippen MR) is 94.9 cm³/mol. The largest absolute Gasteiger partial charge is 0.393 e. The smallest absolute Gasteiger partial charge is 0.195 e. The molecule has 0 unspecified atom stereocenters. The molecule has 0 bridgehead atoms. The molecule has 1 spiro atoms. The molecule has 0 aromatic carbocycles. The molecule has 5 aliphatic rings. The molecule has 0 aromatic heterocycles. The van der Waals surface area contributed by atoms with E-state index in [2.05, 4.69) is 24.1 Å². The van der Waals surface area contributed by atoms with E-state index in [1.54, 1.807) is 6.92 Å². The minimum atomic E-state index is -0.205. The molecule has 8 atom stereocenters. The summed E-state index contributed by atoms with van der Waals surface area (Å²) in [7, 11) is 0. The van der Waals surface area contributed by atoms with Crippen molar-refractivity contribution < 1.29 is 9.90 Å². The predicted octanol–water partition coefficient (Wildman–Crippen LogP) is 4.37. The summed E-state index contributed by atoms with van der Waals surface area (Å²) in [5, 5.41) is 19.6. The Morgan fingerprint density at radius 1 is 1.04 bits per heavy atom. The highest BCUT2D eigenvalue weighted by Crippen LogP contribution is 2.73. The Morgan fingerprint density at radius 3 is 2.48 bits per heavy atom. The molecule has 1 aliphatic heterocycles. The summed E-state index contributed by atoms with van der Waals surface area (Å²) in [6.45, 7) is 6.64. The van der Waals surface area contributed by atoms with Crippen molar-refractivity contribution in [2.24, 2.45) is 50.6 Å². The molecule has 0 saturated heterocycles. The molecule has 5 rings (SSSR count). The second kappa shape index (κ2) is 4.94. The number of aliphatic hydroxyl groups is 1. The van der Waals surface area contributed by atoms with Gasteiger partial charge in [0.25, 0.3) is 0 Å². The van der Waals surface area contributed by atoms with Crippen LogP contribution in [0.2, 0.25) is 0 Å². The fraction of sp³-hybridized carbons (Fsp3) is 0.952. The Labute approximate surface area is 150 Å². The second-order valence-electron chi connectivity index (χ2n) is 10.5. The Hall–Kier alpha value is -0.770. The van der Waals surface area contributed by atoms with Gasteiger partial charge in [0.05, 0.1) is 6.10 Å². The number of carbonyl (C=O) groups is 1. The topological polar surface area (TPSA) is 62.0 Å². The summed E-state index contributed by atoms with van der Waals surface area (Å²) in [6, 6.07) is 0. The zero-order valence-corrected chi connectivity index (χ0v) is 15.9. The van der Waals surface area contributed by atoms with Gasteiger partial charge >= 0.3 is 0 Å². The lowest BCUT2D eigenvalue weighted by Crippen LogP contribution is -2.60. The van der Waals surface area contributed by atoms with Gasteiger partial charge in [0.15, 0.2) is 5.66 Å². The summed E-state index contributed by atoms with van der Waals surface area (Å²) >= 11 is 0. The highest BCUT2D eigenvalue weighted by Gasteiger charge is 2.71. The third-order valence-corrected chi connectivity index (χ3v) is 9.41. The first-order valence-corrected chi connectivity index (χ1v) is 10.4. The van der Waals surface area contributed by atoms with Crippen LogP contribution in [0.4, 0.5) is 0 Å². The molecule has 4 nitrogen and oxygen atoms in total. The molecule has 0 radical (unpaired) electrons. The van der Waals surface area contributed by atoms with Crippen molar-refractivity contribution in [3.05, 3.63) is 0 Å². The van der Waals surface area contributed by atoms with Gasteiger partial charge in [-0.2, -0.15) is 10.2 Å². The standard InChI is InChI=1S/C21H32N2O2/c1-12(24)16-6-7-17-15-5-4-13-10-14(25)8-9-19(13,2)18(15)21(22-23-21)11-20(16,17)3/h13-18,25H,4-11H2,1-3H3/t13-,14+,15-,16+,17-,18-,19-,20+/m0/s1. The van der Waals surface area contributed by atoms with E-state index >= 15 is 0 Å². The zero-order chi connectivity index (χ0) is 17.6. The number of Topliss-reactive ketones (excluding diaryl/α,β-unsaturated/α-hetero) is 1. The van der Waals surface area contributed by atoms with Gasteiger partial charge in [0.2, 0.25) is 0 Å². The monoisotopic (exact) mass is 344 g/mol. The minimum absolute atomic E-state index is 0.0911. The Bertz CT molecular complexity index is 640. The minimum Gasteiger partial charge on any atom is -0.393 e. The molecule has 4 fully saturated rings. The molecule has 4 saturated carbocycles. The van der Waals surface area contributed by atoms with Crippen LogP contribution in [0.3, 0.4) is 0 Å². The van der Waals surface area contributed by atoms with E-state index in [0.29, 0.717) is 29.5 Å². The van der Waals surface area contributed by atoms with Crippen LogP contribution in [-0.2, 0) is 4.79 Å². The Morgan fingerprint density at radius 2 is 1.80 bits per heavy atom. The highest BCUT2D eigenvalue weighted by atomic mass is 16.3. The van der Waals surface area contributed by atoms with Crippen molar-refractivity contribution in [1.82, 2.24) is 0 Å². The van der Waals surface area contributed by atoms with Crippen LogP contribution in [0.25, 0.3) is 0 Å². The molecular formula is C21H32N2O2. The average molecular weight is 344 g/mol. The number of hydrogen-bond donors (Lipinski definition) is 1. The first-order valence-electron chi connectivity index (χ1n) is 10.4. The van der Waals surface area contributed by atoms with Gasteiger partial charge in [-0.1, -0.05) is 13.8 Å². The van der Waals surface area contributed by atoms with E-state index in [0.717, 1.165) is 32.1 Å². The van der Waals surface area contributed by atoms with E-state index in [4.69, 9.17) is 0 Å². The van der Waals surface area contributed by atoms with Crippen LogP contribution in [0, 0.1) is 40.4 Å². The molecule has 4 aliphatic carbocycles. The summed E-state index contributed by atoms with van der Waals surface area (Å²) < 4.78 is 0. The molecule has 1 N–H and O–H groups in total. The van der Waals surface area contributed by atoms with Crippen LogP contribution < -0.4 is 0 Å². The number of hydrogen-bond acceptors (Lipinski definition) is 4. The van der Waals surface area contributed by atoms with E-state index in [9.17, 15) is 9.90 Å². The number of ketones is 1. The van der Waals surface area contributed by atoms with Crippen molar-refractivity contribution in [1.29, 1.82) is 0 Å². The summed E-state index contributed by atoms with van der Waals surface area (Å²) in [5.74, 6) is 3.06. The van der Waals surface area contributed by atoms with Crippen LogP contribution in [0.15, 0.2) is 10.2 Å². The fourth-order valence-corrected chi connectivity index (χ4v) is 8.43. The lowest BCUT2D eigenvalue weighted by molar-refractivity contribution is -0.151. The molecule has 0 aromatic rings. The van der Waals surface area contributed by atoms with Gasteiger partial charge in [0, 0.05) is 18.3 Å². The maximum absolute atomic E-state index is 12.3. The molecule has 0 amide bonds. The van der Waals surface area contributed by atoms with E-state index in [1.807, 2.05) is 0 Å². The van der Waals surface area contributed by atoms with Gasteiger partial charge in [-0.05, 0) is 80.5 Å². The van der Waals surface area contributed by atoms with Gasteiger partial charge in [-0.25, -0.2) is 0 Å². The van der Waals surface area contributed by atoms with E-state index in [-0.39, 0.29) is 28.5 Å². The number of rotatable bonds is 1. The Balaban J connectivity index is 1.54. The summed E-state index contributed by atoms with van der Waals surface area (Å²) in [6.07, 6.45) is 8.65. The van der Waals surface area contributed by atoms with Crippen molar-refractivity contribution in [3.8, 4) is 0 Å². The van der Waals surface area contributed by atoms with Gasteiger partial charge in [-0.3, -0.25) is 4.79 Å². The third-order valence-electron chi connectivity index (χ3n) is 9.41. The highest BCUT2D eigenvalue weighted by molar-refractivity contribution is 5.79. The average Bonchev–Trinajstić information content (AvgIpc) is 3.19. The van der Waals surface area contributed by atoms with Crippen LogP contribution in [-0.4, -0.2) is 22.7 Å². The first-order chi connectivity index (χ1) is 11.8. The van der Waals surface area contributed by atoms with Crippen LogP contribution >= 0.6 is 0 Å². The van der Waals surface area contributed by atoms with Gasteiger partial charge in [0.1, 0.15) is 5.78 Å². The maximum Gasteiger partial charge on any atom is 0.195 e. The SMILES string of the molecule is CC(=O)[C@H]1CC[C@H]2[C@@H]3CC[C@H]4C[C@H](O)CC[C@]4(C)[C@H]3C3(C[C@]12C)N=N3. The number of carbonyl (C=O) groups excluding carboxylic acids is 1. The fourth-order valence-electron chi connectivity index (χ4n) is 8.43. The van der Waals surface area contributed by atoms with Gasteiger partial charge < -0.3 is 5.11 Å². The van der Waals surface area contributed by atoms with Crippen molar-refractivity contribution >= 4 is 5.78 Å². The second-order valence-corrected chi connectivity index (χ2v) is 10.5. The van der Waals surface area contributed by atoms with Crippen LogP contribution in [0.1, 0.15) is 72.1 Å². The van der Waals surface area contributed by atoms with Crippen molar-refractivity contribution in [3.63, 3.8) is 0 Å². The van der Waals surface area contributed by atoms with Crippen LogP contribution in [0.5, 0.6) is 0 Å². The Kier molecular flexibility index (Phi) is 3.24. The quantitative estimate of drug-likeness (QED) is 0.768. The molecular weight excluding hydrogens is 312 g/mol.